The molecule has 7 heteroatoms. The van der Waals surface area contributed by atoms with Crippen LogP contribution in [0.25, 0.3) is 0 Å². The van der Waals surface area contributed by atoms with Crippen LogP contribution in [0.5, 0.6) is 5.75 Å². The first-order valence-corrected chi connectivity index (χ1v) is 10.4. The van der Waals surface area contributed by atoms with Gasteiger partial charge >= 0.3 is 6.03 Å². The molecule has 0 radical (unpaired) electrons. The maximum Gasteiger partial charge on any atom is 0.315 e. The largest absolute Gasteiger partial charge is 0.487 e. The van der Waals surface area contributed by atoms with E-state index in [9.17, 15) is 4.79 Å². The summed E-state index contributed by atoms with van der Waals surface area (Å²) in [6, 6.07) is 13.2. The Kier molecular flexibility index (Phi) is 6.82. The second-order valence-corrected chi connectivity index (χ2v) is 8.54. The number of benzene rings is 1. The number of rotatable bonds is 7. The van der Waals surface area contributed by atoms with Crippen molar-refractivity contribution in [3.8, 4) is 5.75 Å². The molecule has 0 aliphatic carbocycles. The van der Waals surface area contributed by atoms with Gasteiger partial charge in [-0.25, -0.2) is 9.78 Å². The van der Waals surface area contributed by atoms with Crippen molar-refractivity contribution < 1.29 is 9.53 Å². The number of hydrogen-bond donors (Lipinski definition) is 2. The molecular formula is C22H26N4O2S. The maximum absolute atomic E-state index is 12.0. The first kappa shape index (κ1) is 20.8. The molecule has 6 nitrogen and oxygen atoms in total. The number of ether oxygens (including phenoxy) is 1. The van der Waals surface area contributed by atoms with Gasteiger partial charge in [0.25, 0.3) is 0 Å². The monoisotopic (exact) mass is 410 g/mol. The first-order chi connectivity index (χ1) is 13.9. The molecule has 0 saturated heterocycles. The van der Waals surface area contributed by atoms with Crippen LogP contribution < -0.4 is 15.4 Å². The predicted molar refractivity (Wildman–Crippen MR) is 115 cm³/mol. The third-order valence-electron chi connectivity index (χ3n) is 4.11. The standard InChI is InChI=1S/C22H26N4O2S/c1-22(2,3)20-26-18(15-29-20)13-25-21(27)24-12-16-7-9-19(10-8-16)28-14-17-6-4-5-11-23-17/h4-11,15H,12-14H2,1-3H3,(H2,24,25,27). The highest BCUT2D eigenvalue weighted by atomic mass is 32.1. The topological polar surface area (TPSA) is 76.1 Å². The van der Waals surface area contributed by atoms with Crippen LogP contribution in [-0.4, -0.2) is 16.0 Å². The summed E-state index contributed by atoms with van der Waals surface area (Å²) in [5.74, 6) is 0.766. The van der Waals surface area contributed by atoms with Crippen molar-refractivity contribution in [3.63, 3.8) is 0 Å². The zero-order valence-electron chi connectivity index (χ0n) is 16.9. The molecule has 0 spiro atoms. The lowest BCUT2D eigenvalue weighted by atomic mass is 9.98. The van der Waals surface area contributed by atoms with E-state index in [1.54, 1.807) is 17.5 Å². The van der Waals surface area contributed by atoms with Crippen LogP contribution in [0.3, 0.4) is 0 Å². The Morgan fingerprint density at radius 3 is 2.45 bits per heavy atom. The van der Waals surface area contributed by atoms with Crippen LogP contribution in [0.1, 0.15) is 42.7 Å². The van der Waals surface area contributed by atoms with Crippen molar-refractivity contribution in [1.29, 1.82) is 0 Å². The molecule has 29 heavy (non-hydrogen) atoms. The van der Waals surface area contributed by atoms with Crippen LogP contribution in [0.2, 0.25) is 0 Å². The van der Waals surface area contributed by atoms with Gasteiger partial charge in [-0.1, -0.05) is 39.0 Å². The molecule has 3 aromatic rings. The Morgan fingerprint density at radius 2 is 1.79 bits per heavy atom. The summed E-state index contributed by atoms with van der Waals surface area (Å²) in [5.41, 5.74) is 2.78. The fourth-order valence-corrected chi connectivity index (χ4v) is 3.40. The number of urea groups is 1. The van der Waals surface area contributed by atoms with E-state index in [0.29, 0.717) is 19.7 Å². The third-order valence-corrected chi connectivity index (χ3v) is 5.43. The van der Waals surface area contributed by atoms with Crippen molar-refractivity contribution in [3.05, 3.63) is 76.0 Å². The highest BCUT2D eigenvalue weighted by Gasteiger charge is 2.18. The minimum absolute atomic E-state index is 0.0264. The van der Waals surface area contributed by atoms with E-state index in [0.717, 1.165) is 27.7 Å². The van der Waals surface area contributed by atoms with Crippen molar-refractivity contribution in [2.24, 2.45) is 0 Å². The summed E-state index contributed by atoms with van der Waals surface area (Å²) in [7, 11) is 0. The average Bonchev–Trinajstić information content (AvgIpc) is 3.20. The minimum Gasteiger partial charge on any atom is -0.487 e. The van der Waals surface area contributed by atoms with Crippen molar-refractivity contribution in [2.45, 2.75) is 45.9 Å². The second kappa shape index (κ2) is 9.52. The SMILES string of the molecule is CC(C)(C)c1nc(CNC(=O)NCc2ccc(OCc3ccccn3)cc2)cs1. The highest BCUT2D eigenvalue weighted by Crippen LogP contribution is 2.25. The zero-order valence-corrected chi connectivity index (χ0v) is 17.8. The van der Waals surface area contributed by atoms with Crippen LogP contribution in [-0.2, 0) is 25.1 Å². The van der Waals surface area contributed by atoms with Crippen molar-refractivity contribution >= 4 is 17.4 Å². The molecule has 0 aliphatic rings. The summed E-state index contributed by atoms with van der Waals surface area (Å²) >= 11 is 1.62. The smallest absolute Gasteiger partial charge is 0.315 e. The zero-order chi connectivity index (χ0) is 20.7. The molecule has 3 rings (SSSR count). The number of pyridine rings is 1. The van der Waals surface area contributed by atoms with Crippen LogP contribution in [0.4, 0.5) is 4.79 Å². The summed E-state index contributed by atoms with van der Waals surface area (Å²) in [6.07, 6.45) is 1.75. The molecule has 2 N–H and O–H groups in total. The lowest BCUT2D eigenvalue weighted by Gasteiger charge is -2.13. The Balaban J connectivity index is 1.40. The number of nitrogens with zero attached hydrogens (tertiary/aromatic N) is 2. The maximum atomic E-state index is 12.0. The van der Waals surface area contributed by atoms with Gasteiger partial charge < -0.3 is 15.4 Å². The lowest BCUT2D eigenvalue weighted by molar-refractivity contribution is 0.240. The Bertz CT molecular complexity index is 918. The molecule has 0 unspecified atom stereocenters. The minimum atomic E-state index is -0.217. The van der Waals surface area contributed by atoms with Gasteiger partial charge in [0.2, 0.25) is 0 Å². The fourth-order valence-electron chi connectivity index (χ4n) is 2.49. The molecule has 0 bridgehead atoms. The van der Waals surface area contributed by atoms with E-state index in [1.807, 2.05) is 47.8 Å². The van der Waals surface area contributed by atoms with Gasteiger partial charge in [-0.3, -0.25) is 4.98 Å². The van der Waals surface area contributed by atoms with E-state index in [2.05, 4.69) is 41.4 Å². The normalized spacial score (nSPS) is 11.1. The third kappa shape index (κ3) is 6.57. The Morgan fingerprint density at radius 1 is 1.03 bits per heavy atom. The number of amides is 2. The highest BCUT2D eigenvalue weighted by molar-refractivity contribution is 7.09. The van der Waals surface area contributed by atoms with Crippen molar-refractivity contribution in [2.75, 3.05) is 0 Å². The lowest BCUT2D eigenvalue weighted by Crippen LogP contribution is -2.34. The van der Waals surface area contributed by atoms with Gasteiger partial charge in [-0.15, -0.1) is 11.3 Å². The average molecular weight is 411 g/mol. The number of hydrogen-bond acceptors (Lipinski definition) is 5. The Hall–Kier alpha value is -2.93. The molecular weight excluding hydrogens is 384 g/mol. The summed E-state index contributed by atoms with van der Waals surface area (Å²) in [4.78, 5) is 20.8. The van der Waals surface area contributed by atoms with E-state index < -0.39 is 0 Å². The molecule has 0 aliphatic heterocycles. The molecule has 0 atom stereocenters. The molecule has 0 fully saturated rings. The van der Waals surface area contributed by atoms with E-state index in [1.165, 1.54) is 0 Å². The number of carbonyl (C=O) groups excluding carboxylic acids is 1. The van der Waals surface area contributed by atoms with Crippen LogP contribution in [0.15, 0.2) is 54.0 Å². The van der Waals surface area contributed by atoms with Gasteiger partial charge in [0, 0.05) is 23.5 Å². The number of carbonyl (C=O) groups is 1. The second-order valence-electron chi connectivity index (χ2n) is 7.68. The summed E-state index contributed by atoms with van der Waals surface area (Å²) < 4.78 is 5.72. The molecule has 2 heterocycles. The van der Waals surface area contributed by atoms with Gasteiger partial charge in [-0.05, 0) is 29.8 Å². The molecule has 0 saturated carbocycles. The van der Waals surface area contributed by atoms with Crippen molar-refractivity contribution in [1.82, 2.24) is 20.6 Å². The molecule has 2 aromatic heterocycles. The summed E-state index contributed by atoms with van der Waals surface area (Å²) in [5, 5.41) is 8.76. The van der Waals surface area contributed by atoms with Gasteiger partial charge in [-0.2, -0.15) is 0 Å². The Labute approximate surface area is 175 Å². The van der Waals surface area contributed by atoms with E-state index >= 15 is 0 Å². The number of aromatic nitrogens is 2. The predicted octanol–water partition coefficient (Wildman–Crippen LogP) is 4.41. The van der Waals surface area contributed by atoms with E-state index in [4.69, 9.17) is 4.74 Å². The quantitative estimate of drug-likeness (QED) is 0.605. The number of thiazole rings is 1. The first-order valence-electron chi connectivity index (χ1n) is 9.48. The molecule has 2 amide bonds. The van der Waals surface area contributed by atoms with Gasteiger partial charge in [0.15, 0.2) is 0 Å². The van der Waals surface area contributed by atoms with Gasteiger partial charge in [0.1, 0.15) is 12.4 Å². The number of nitrogens with one attached hydrogen (secondary N) is 2. The van der Waals surface area contributed by atoms with Crippen LogP contribution >= 0.6 is 11.3 Å². The fraction of sp³-hybridized carbons (Fsp3) is 0.318. The van der Waals surface area contributed by atoms with E-state index in [-0.39, 0.29) is 11.4 Å². The summed E-state index contributed by atoms with van der Waals surface area (Å²) in [6.45, 7) is 7.67. The molecule has 1 aromatic carbocycles. The molecule has 152 valence electrons. The van der Waals surface area contributed by atoms with Crippen LogP contribution in [0, 0.1) is 0 Å². The van der Waals surface area contributed by atoms with Gasteiger partial charge in [0.05, 0.1) is 22.9 Å².